The van der Waals surface area contributed by atoms with Crippen LogP contribution in [0.1, 0.15) is 5.56 Å². The van der Waals surface area contributed by atoms with Crippen molar-refractivity contribution in [1.29, 1.82) is 0 Å². The maximum atomic E-state index is 13.1. The van der Waals surface area contributed by atoms with Gasteiger partial charge < -0.3 is 0 Å². The van der Waals surface area contributed by atoms with Gasteiger partial charge in [0.2, 0.25) is 0 Å². The van der Waals surface area contributed by atoms with Gasteiger partial charge in [-0.3, -0.25) is 0 Å². The molecule has 0 aliphatic carbocycles. The molecule has 0 heterocycles. The summed E-state index contributed by atoms with van der Waals surface area (Å²) in [5, 5.41) is 0. The fourth-order valence-corrected chi connectivity index (χ4v) is 3.37. The van der Waals surface area contributed by atoms with Crippen LogP contribution in [-0.4, -0.2) is 8.42 Å². The molecule has 0 spiro atoms. The molecule has 0 aliphatic rings. The number of rotatable bonds is 1. The SMILES string of the molecule is O=S(=O)(Cl)c1c(F)cc(C(F)(F)F)cc1Br. The predicted molar refractivity (Wildman–Crippen MR) is 52.1 cm³/mol. The van der Waals surface area contributed by atoms with Crippen LogP contribution in [0.5, 0.6) is 0 Å². The molecule has 16 heavy (non-hydrogen) atoms. The van der Waals surface area contributed by atoms with E-state index in [0.29, 0.717) is 6.07 Å². The number of halogens is 6. The van der Waals surface area contributed by atoms with E-state index in [1.807, 2.05) is 0 Å². The first-order chi connectivity index (χ1) is 7.03. The average molecular weight is 342 g/mol. The minimum absolute atomic E-state index is 0.0695. The molecule has 0 unspecified atom stereocenters. The van der Waals surface area contributed by atoms with Gasteiger partial charge in [-0.15, -0.1) is 0 Å². The van der Waals surface area contributed by atoms with Crippen molar-refractivity contribution in [3.63, 3.8) is 0 Å². The summed E-state index contributed by atoms with van der Waals surface area (Å²) in [6.45, 7) is 0. The smallest absolute Gasteiger partial charge is 0.207 e. The number of benzene rings is 1. The molecule has 0 radical (unpaired) electrons. The predicted octanol–water partition coefficient (Wildman–Crippen LogP) is 3.53. The van der Waals surface area contributed by atoms with Crippen LogP contribution in [0.3, 0.4) is 0 Å². The van der Waals surface area contributed by atoms with E-state index in [9.17, 15) is 26.0 Å². The lowest BCUT2D eigenvalue weighted by Crippen LogP contribution is -2.08. The van der Waals surface area contributed by atoms with Gasteiger partial charge in [0.1, 0.15) is 10.7 Å². The molecule has 1 aromatic carbocycles. The Morgan fingerprint density at radius 2 is 1.75 bits per heavy atom. The molecule has 0 saturated carbocycles. The fourth-order valence-electron chi connectivity index (χ4n) is 0.956. The standard InChI is InChI=1S/C7H2BrClF4O2S/c8-4-1-3(7(11,12)13)2-5(10)6(4)16(9,14)15/h1-2H. The maximum Gasteiger partial charge on any atom is 0.416 e. The van der Waals surface area contributed by atoms with Crippen molar-refractivity contribution < 1.29 is 26.0 Å². The number of hydrogen-bond donors (Lipinski definition) is 0. The summed E-state index contributed by atoms with van der Waals surface area (Å²) >= 11 is 2.52. The normalized spacial score (nSPS) is 12.9. The topological polar surface area (TPSA) is 34.1 Å². The van der Waals surface area contributed by atoms with Gasteiger partial charge in [0.25, 0.3) is 9.05 Å². The van der Waals surface area contributed by atoms with Gasteiger partial charge in [0, 0.05) is 15.2 Å². The molecule has 0 N–H and O–H groups in total. The van der Waals surface area contributed by atoms with Crippen molar-refractivity contribution in [2.45, 2.75) is 11.1 Å². The Balaban J connectivity index is 3.53. The highest BCUT2D eigenvalue weighted by molar-refractivity contribution is 9.10. The zero-order chi connectivity index (χ0) is 12.7. The van der Waals surface area contributed by atoms with Gasteiger partial charge in [-0.25, -0.2) is 12.8 Å². The fraction of sp³-hybridized carbons (Fsp3) is 0.143. The Bertz CT molecular complexity index is 503. The van der Waals surface area contributed by atoms with Gasteiger partial charge >= 0.3 is 6.18 Å². The Hall–Kier alpha value is -0.340. The minimum atomic E-state index is -4.77. The van der Waals surface area contributed by atoms with E-state index >= 15 is 0 Å². The highest BCUT2D eigenvalue weighted by Crippen LogP contribution is 2.36. The van der Waals surface area contributed by atoms with Gasteiger partial charge in [-0.05, 0) is 28.1 Å². The molecule has 0 aromatic heterocycles. The quantitative estimate of drug-likeness (QED) is 0.578. The second-order valence-corrected chi connectivity index (χ2v) is 6.06. The summed E-state index contributed by atoms with van der Waals surface area (Å²) in [6.07, 6.45) is -4.77. The molecule has 0 aliphatic heterocycles. The third kappa shape index (κ3) is 2.86. The third-order valence-corrected chi connectivity index (χ3v) is 3.82. The van der Waals surface area contributed by atoms with Crippen molar-refractivity contribution in [3.8, 4) is 0 Å². The van der Waals surface area contributed by atoms with Crippen LogP contribution < -0.4 is 0 Å². The molecule has 1 aromatic rings. The van der Waals surface area contributed by atoms with E-state index < -0.39 is 36.0 Å². The number of alkyl halides is 3. The minimum Gasteiger partial charge on any atom is -0.207 e. The molecule has 0 bridgehead atoms. The van der Waals surface area contributed by atoms with Gasteiger partial charge in [-0.1, -0.05) is 0 Å². The highest BCUT2D eigenvalue weighted by atomic mass is 79.9. The molecule has 0 atom stereocenters. The zero-order valence-electron chi connectivity index (χ0n) is 7.15. The summed E-state index contributed by atoms with van der Waals surface area (Å²) in [5.41, 5.74) is -1.30. The van der Waals surface area contributed by atoms with Gasteiger partial charge in [-0.2, -0.15) is 13.2 Å². The Morgan fingerprint density at radius 1 is 1.25 bits per heavy atom. The van der Waals surface area contributed by atoms with Crippen molar-refractivity contribution in [2.24, 2.45) is 0 Å². The molecule has 9 heteroatoms. The average Bonchev–Trinajstić information content (AvgIpc) is 1.97. The molecule has 1 rings (SSSR count). The Morgan fingerprint density at radius 3 is 2.06 bits per heavy atom. The van der Waals surface area contributed by atoms with E-state index in [1.54, 1.807) is 0 Å². The van der Waals surface area contributed by atoms with Crippen molar-refractivity contribution in [1.82, 2.24) is 0 Å². The lowest BCUT2D eigenvalue weighted by atomic mass is 10.2. The van der Waals surface area contributed by atoms with Crippen molar-refractivity contribution >= 4 is 35.7 Å². The van der Waals surface area contributed by atoms with E-state index in [2.05, 4.69) is 15.9 Å². The summed E-state index contributed by atoms with van der Waals surface area (Å²) in [6, 6.07) is 0.512. The van der Waals surface area contributed by atoms with E-state index in [0.717, 1.165) is 0 Å². The van der Waals surface area contributed by atoms with Crippen LogP contribution in [0.25, 0.3) is 0 Å². The lowest BCUT2D eigenvalue weighted by Gasteiger charge is -2.09. The molecular weight excluding hydrogens is 339 g/mol. The maximum absolute atomic E-state index is 13.1. The molecule has 0 fully saturated rings. The highest BCUT2D eigenvalue weighted by Gasteiger charge is 2.33. The summed E-state index contributed by atoms with van der Waals surface area (Å²) in [7, 11) is 0.413. The molecule has 0 saturated heterocycles. The first kappa shape index (κ1) is 13.7. The summed E-state index contributed by atoms with van der Waals surface area (Å²) in [5.74, 6) is -1.56. The molecule has 90 valence electrons. The molecule has 0 amide bonds. The largest absolute Gasteiger partial charge is 0.416 e. The van der Waals surface area contributed by atoms with Crippen LogP contribution >= 0.6 is 26.6 Å². The zero-order valence-corrected chi connectivity index (χ0v) is 10.3. The Labute approximate surface area is 101 Å². The second kappa shape index (κ2) is 4.15. The van der Waals surface area contributed by atoms with Crippen LogP contribution in [0.4, 0.5) is 17.6 Å². The van der Waals surface area contributed by atoms with Crippen LogP contribution in [-0.2, 0) is 15.2 Å². The third-order valence-electron chi connectivity index (χ3n) is 1.57. The first-order valence-electron chi connectivity index (χ1n) is 3.54. The molecular formula is C7H2BrClF4O2S. The molecule has 2 nitrogen and oxygen atoms in total. The van der Waals surface area contributed by atoms with Crippen LogP contribution in [0, 0.1) is 5.82 Å². The number of hydrogen-bond acceptors (Lipinski definition) is 2. The lowest BCUT2D eigenvalue weighted by molar-refractivity contribution is -0.137. The monoisotopic (exact) mass is 340 g/mol. The Kier molecular flexibility index (Phi) is 3.56. The van der Waals surface area contributed by atoms with Gasteiger partial charge in [0.05, 0.1) is 5.56 Å². The van der Waals surface area contributed by atoms with Crippen LogP contribution in [0.2, 0.25) is 0 Å². The second-order valence-electron chi connectivity index (χ2n) is 2.70. The van der Waals surface area contributed by atoms with Crippen molar-refractivity contribution in [2.75, 3.05) is 0 Å². The van der Waals surface area contributed by atoms with Crippen molar-refractivity contribution in [3.05, 3.63) is 28.0 Å². The van der Waals surface area contributed by atoms with Gasteiger partial charge in [0.15, 0.2) is 0 Å². The van der Waals surface area contributed by atoms with E-state index in [4.69, 9.17) is 10.7 Å². The summed E-state index contributed by atoms with van der Waals surface area (Å²) in [4.78, 5) is -1.01. The van der Waals surface area contributed by atoms with E-state index in [-0.39, 0.29) is 6.07 Å². The first-order valence-corrected chi connectivity index (χ1v) is 6.64. The summed E-state index contributed by atoms with van der Waals surface area (Å²) < 4.78 is 70.9. The van der Waals surface area contributed by atoms with E-state index in [1.165, 1.54) is 0 Å². The van der Waals surface area contributed by atoms with Crippen LogP contribution in [0.15, 0.2) is 21.5 Å².